The van der Waals surface area contributed by atoms with Crippen molar-refractivity contribution >= 4 is 17.5 Å². The Morgan fingerprint density at radius 3 is 2.84 bits per heavy atom. The Morgan fingerprint density at radius 2 is 2.32 bits per heavy atom. The lowest BCUT2D eigenvalue weighted by molar-refractivity contribution is 0.0560. The van der Waals surface area contributed by atoms with Crippen LogP contribution in [0.5, 0.6) is 0 Å². The maximum Gasteiger partial charge on any atom is 0.333 e. The van der Waals surface area contributed by atoms with Gasteiger partial charge in [0.1, 0.15) is 5.69 Å². The van der Waals surface area contributed by atoms with Crippen LogP contribution in [-0.4, -0.2) is 25.5 Å². The minimum absolute atomic E-state index is 0.0846. The van der Waals surface area contributed by atoms with Crippen LogP contribution in [0.3, 0.4) is 0 Å². The molecule has 2 aromatic heterocycles. The van der Waals surface area contributed by atoms with Crippen LogP contribution in [0.4, 0.5) is 8.78 Å². The van der Waals surface area contributed by atoms with Gasteiger partial charge in [-0.05, 0) is 6.07 Å². The summed E-state index contributed by atoms with van der Waals surface area (Å²) in [5.41, 5.74) is 0.530. The molecule has 0 radical (unpaired) electrons. The molecule has 1 N–H and O–H groups in total. The topological polar surface area (TPSA) is 64.7 Å². The zero-order valence-corrected chi connectivity index (χ0v) is 10.6. The fraction of sp³-hybridized carbons (Fsp3) is 0.300. The van der Waals surface area contributed by atoms with Gasteiger partial charge in [-0.25, -0.2) is 4.68 Å². The van der Waals surface area contributed by atoms with E-state index in [1.165, 1.54) is 16.9 Å². The normalized spacial score (nSPS) is 11.0. The molecule has 0 bridgehead atoms. The van der Waals surface area contributed by atoms with Gasteiger partial charge < -0.3 is 5.32 Å². The number of nitrogens with zero attached hydrogens (tertiary/aromatic N) is 4. The quantitative estimate of drug-likeness (QED) is 0.930. The molecule has 0 aliphatic heterocycles. The van der Waals surface area contributed by atoms with Crippen LogP contribution in [0.2, 0.25) is 5.02 Å². The van der Waals surface area contributed by atoms with E-state index in [1.807, 2.05) is 0 Å². The van der Waals surface area contributed by atoms with Gasteiger partial charge in [-0.15, -0.1) is 0 Å². The first kappa shape index (κ1) is 13.5. The molecule has 0 saturated carbocycles. The lowest BCUT2D eigenvalue weighted by Crippen LogP contribution is -2.24. The summed E-state index contributed by atoms with van der Waals surface area (Å²) < 4.78 is 26.5. The second-order valence-electron chi connectivity index (χ2n) is 3.70. The first-order chi connectivity index (χ1) is 8.99. The lowest BCUT2D eigenvalue weighted by atomic mass is 10.3. The van der Waals surface area contributed by atoms with E-state index in [-0.39, 0.29) is 12.2 Å². The van der Waals surface area contributed by atoms with Crippen LogP contribution in [0.1, 0.15) is 22.7 Å². The number of aromatic nitrogens is 4. The van der Waals surface area contributed by atoms with Gasteiger partial charge in [0.05, 0.1) is 23.5 Å². The zero-order valence-electron chi connectivity index (χ0n) is 9.85. The number of halogens is 3. The van der Waals surface area contributed by atoms with Gasteiger partial charge in [0.15, 0.2) is 0 Å². The number of carbonyl (C=O) groups excluding carboxylic acids is 1. The summed E-state index contributed by atoms with van der Waals surface area (Å²) in [5.74, 6) is -0.559. The first-order valence-electron chi connectivity index (χ1n) is 5.27. The van der Waals surface area contributed by atoms with Gasteiger partial charge in [-0.2, -0.15) is 19.0 Å². The standard InChI is InChI=1S/C10H10ClF2N5O/c1-17-8(6(11)4-15-17)5-14-9(19)7-2-3-18(16-7)10(12)13/h2-4,10H,5H2,1H3,(H,14,19). The Balaban J connectivity index is 2.01. The molecule has 0 fully saturated rings. The van der Waals surface area contributed by atoms with Crippen LogP contribution in [0, 0.1) is 0 Å². The molecule has 6 nitrogen and oxygen atoms in total. The molecule has 0 spiro atoms. The van der Waals surface area contributed by atoms with Gasteiger partial charge >= 0.3 is 6.55 Å². The average molecular weight is 290 g/mol. The highest BCUT2D eigenvalue weighted by atomic mass is 35.5. The summed E-state index contributed by atoms with van der Waals surface area (Å²) in [6.45, 7) is -2.64. The van der Waals surface area contributed by atoms with E-state index in [0.29, 0.717) is 15.4 Å². The number of nitrogens with one attached hydrogen (secondary N) is 1. The molecule has 2 rings (SSSR count). The van der Waals surface area contributed by atoms with Crippen molar-refractivity contribution in [2.75, 3.05) is 0 Å². The zero-order chi connectivity index (χ0) is 14.0. The maximum absolute atomic E-state index is 12.3. The third-order valence-corrected chi connectivity index (χ3v) is 2.78. The molecule has 2 aromatic rings. The minimum atomic E-state index is -2.77. The van der Waals surface area contributed by atoms with E-state index in [9.17, 15) is 13.6 Å². The Morgan fingerprint density at radius 1 is 1.58 bits per heavy atom. The SMILES string of the molecule is Cn1ncc(Cl)c1CNC(=O)c1ccn(C(F)F)n1. The molecule has 0 atom stereocenters. The summed E-state index contributed by atoms with van der Waals surface area (Å²) in [7, 11) is 1.68. The van der Waals surface area contributed by atoms with Crippen molar-refractivity contribution in [2.45, 2.75) is 13.1 Å². The van der Waals surface area contributed by atoms with Crippen molar-refractivity contribution in [3.63, 3.8) is 0 Å². The van der Waals surface area contributed by atoms with Crippen molar-refractivity contribution in [3.8, 4) is 0 Å². The third kappa shape index (κ3) is 2.90. The molecule has 1 amide bonds. The molecule has 2 heterocycles. The smallest absolute Gasteiger partial charge is 0.333 e. The van der Waals surface area contributed by atoms with E-state index < -0.39 is 12.5 Å². The molecule has 0 aliphatic carbocycles. The average Bonchev–Trinajstić information content (AvgIpc) is 2.95. The van der Waals surface area contributed by atoms with Gasteiger partial charge in [0, 0.05) is 13.2 Å². The van der Waals surface area contributed by atoms with E-state index in [0.717, 1.165) is 6.20 Å². The maximum atomic E-state index is 12.3. The van der Waals surface area contributed by atoms with Gasteiger partial charge in [0.25, 0.3) is 5.91 Å². The number of hydrogen-bond acceptors (Lipinski definition) is 3. The first-order valence-corrected chi connectivity index (χ1v) is 5.64. The molecule has 102 valence electrons. The molecule has 0 aliphatic rings. The Hall–Kier alpha value is -1.96. The fourth-order valence-electron chi connectivity index (χ4n) is 1.46. The van der Waals surface area contributed by atoms with Crippen LogP contribution in [0.15, 0.2) is 18.5 Å². The number of amides is 1. The Kier molecular flexibility index (Phi) is 3.79. The van der Waals surface area contributed by atoms with E-state index >= 15 is 0 Å². The predicted octanol–water partition coefficient (Wildman–Crippen LogP) is 1.60. The van der Waals surface area contributed by atoms with Crippen molar-refractivity contribution in [1.82, 2.24) is 24.9 Å². The van der Waals surface area contributed by atoms with Crippen LogP contribution in [0.25, 0.3) is 0 Å². The number of aryl methyl sites for hydroxylation is 1. The fourth-order valence-corrected chi connectivity index (χ4v) is 1.69. The summed E-state index contributed by atoms with van der Waals surface area (Å²) in [6, 6.07) is 1.21. The number of hydrogen-bond donors (Lipinski definition) is 1. The van der Waals surface area contributed by atoms with Crippen LogP contribution >= 0.6 is 11.6 Å². The van der Waals surface area contributed by atoms with Crippen molar-refractivity contribution in [2.24, 2.45) is 7.05 Å². The molecule has 19 heavy (non-hydrogen) atoms. The summed E-state index contributed by atoms with van der Waals surface area (Å²) in [4.78, 5) is 11.7. The lowest BCUT2D eigenvalue weighted by Gasteiger charge is -2.04. The molecule has 9 heteroatoms. The van der Waals surface area contributed by atoms with Crippen LogP contribution in [-0.2, 0) is 13.6 Å². The largest absolute Gasteiger partial charge is 0.345 e. The number of rotatable bonds is 4. The van der Waals surface area contributed by atoms with Crippen molar-refractivity contribution < 1.29 is 13.6 Å². The minimum Gasteiger partial charge on any atom is -0.345 e. The van der Waals surface area contributed by atoms with Gasteiger partial charge in [-0.3, -0.25) is 9.48 Å². The second kappa shape index (κ2) is 5.35. The Labute approximate surface area is 112 Å². The molecule has 0 unspecified atom stereocenters. The number of carbonyl (C=O) groups is 1. The second-order valence-corrected chi connectivity index (χ2v) is 4.11. The van der Waals surface area contributed by atoms with E-state index in [2.05, 4.69) is 15.5 Å². The summed E-state index contributed by atoms with van der Waals surface area (Å²) in [5, 5.41) is 10.3. The summed E-state index contributed by atoms with van der Waals surface area (Å²) >= 11 is 5.87. The van der Waals surface area contributed by atoms with E-state index in [1.54, 1.807) is 7.05 Å². The molecular formula is C10H10ClF2N5O. The Bertz CT molecular complexity index is 575. The summed E-state index contributed by atoms with van der Waals surface area (Å²) in [6.07, 6.45) is 2.49. The number of alkyl halides is 2. The van der Waals surface area contributed by atoms with Gasteiger partial charge in [-0.1, -0.05) is 11.6 Å². The highest BCUT2D eigenvalue weighted by Gasteiger charge is 2.14. The molecule has 0 saturated heterocycles. The predicted molar refractivity (Wildman–Crippen MR) is 62.9 cm³/mol. The van der Waals surface area contributed by atoms with Crippen molar-refractivity contribution in [3.05, 3.63) is 34.9 Å². The van der Waals surface area contributed by atoms with Crippen LogP contribution < -0.4 is 5.32 Å². The molecule has 0 aromatic carbocycles. The van der Waals surface area contributed by atoms with Crippen molar-refractivity contribution in [1.29, 1.82) is 0 Å². The van der Waals surface area contributed by atoms with Gasteiger partial charge in [0.2, 0.25) is 0 Å². The third-order valence-electron chi connectivity index (χ3n) is 2.47. The highest BCUT2D eigenvalue weighted by Crippen LogP contribution is 2.14. The highest BCUT2D eigenvalue weighted by molar-refractivity contribution is 6.31. The monoisotopic (exact) mass is 289 g/mol. The molecular weight excluding hydrogens is 280 g/mol. The van der Waals surface area contributed by atoms with E-state index in [4.69, 9.17) is 11.6 Å².